The van der Waals surface area contributed by atoms with Crippen LogP contribution in [0.4, 0.5) is 0 Å². The Kier molecular flexibility index (Phi) is 5.09. The fraction of sp³-hybridized carbons (Fsp3) is 0.600. The van der Waals surface area contributed by atoms with E-state index in [9.17, 15) is 5.11 Å². The molecule has 2 rings (SSSR count). The summed E-state index contributed by atoms with van der Waals surface area (Å²) in [6.45, 7) is 1.36. The van der Waals surface area contributed by atoms with Crippen molar-refractivity contribution in [2.24, 2.45) is 5.92 Å². The smallest absolute Gasteiger partial charge is 0.203 e. The van der Waals surface area contributed by atoms with Crippen molar-refractivity contribution in [3.8, 4) is 17.2 Å². The lowest BCUT2D eigenvalue weighted by Crippen LogP contribution is -2.23. The second-order valence-corrected chi connectivity index (χ2v) is 4.88. The van der Waals surface area contributed by atoms with Crippen molar-refractivity contribution in [3.05, 3.63) is 17.7 Å². The number of hydrogen-bond acceptors (Lipinski definition) is 5. The number of hydrogen-bond donors (Lipinski definition) is 1. The molecule has 0 saturated carbocycles. The zero-order valence-electron chi connectivity index (χ0n) is 12.2. The van der Waals surface area contributed by atoms with E-state index in [0.717, 1.165) is 25.0 Å². The Morgan fingerprint density at radius 3 is 2.25 bits per heavy atom. The van der Waals surface area contributed by atoms with Crippen LogP contribution in [0.15, 0.2) is 12.1 Å². The van der Waals surface area contributed by atoms with Gasteiger partial charge in [0.15, 0.2) is 11.5 Å². The molecule has 1 N–H and O–H groups in total. The van der Waals surface area contributed by atoms with E-state index in [1.807, 2.05) is 0 Å². The van der Waals surface area contributed by atoms with E-state index in [0.29, 0.717) is 23.9 Å². The van der Waals surface area contributed by atoms with Gasteiger partial charge in [0.25, 0.3) is 0 Å². The number of methoxy groups -OCH3 is 3. The lowest BCUT2D eigenvalue weighted by molar-refractivity contribution is -0.0101. The van der Waals surface area contributed by atoms with E-state index >= 15 is 0 Å². The Balaban J connectivity index is 2.30. The van der Waals surface area contributed by atoms with Crippen LogP contribution < -0.4 is 14.2 Å². The highest BCUT2D eigenvalue weighted by atomic mass is 16.5. The van der Waals surface area contributed by atoms with E-state index in [-0.39, 0.29) is 5.92 Å². The number of aliphatic hydroxyl groups is 1. The number of ether oxygens (including phenoxy) is 4. The Labute approximate surface area is 119 Å². The molecule has 1 fully saturated rings. The number of rotatable bonds is 5. The SMILES string of the molecule is COc1cc(C(O)C2CCCOC2)cc(OC)c1OC. The van der Waals surface area contributed by atoms with Gasteiger partial charge in [-0.15, -0.1) is 0 Å². The summed E-state index contributed by atoms with van der Waals surface area (Å²) in [6, 6.07) is 3.58. The van der Waals surface area contributed by atoms with Gasteiger partial charge in [-0.2, -0.15) is 0 Å². The molecule has 2 atom stereocenters. The molecule has 0 bridgehead atoms. The molecule has 5 heteroatoms. The van der Waals surface area contributed by atoms with Crippen LogP contribution in [-0.2, 0) is 4.74 Å². The minimum Gasteiger partial charge on any atom is -0.493 e. The maximum atomic E-state index is 10.5. The molecule has 0 aromatic heterocycles. The second-order valence-electron chi connectivity index (χ2n) is 4.88. The van der Waals surface area contributed by atoms with Gasteiger partial charge in [0.05, 0.1) is 34.0 Å². The summed E-state index contributed by atoms with van der Waals surface area (Å²) >= 11 is 0. The largest absolute Gasteiger partial charge is 0.493 e. The summed E-state index contributed by atoms with van der Waals surface area (Å²) in [6.07, 6.45) is 1.34. The van der Waals surface area contributed by atoms with Crippen LogP contribution in [0, 0.1) is 5.92 Å². The maximum Gasteiger partial charge on any atom is 0.203 e. The summed E-state index contributed by atoms with van der Waals surface area (Å²) in [5.41, 5.74) is 0.759. The third kappa shape index (κ3) is 2.99. The van der Waals surface area contributed by atoms with Gasteiger partial charge in [-0.3, -0.25) is 0 Å². The van der Waals surface area contributed by atoms with Crippen molar-refractivity contribution in [3.63, 3.8) is 0 Å². The highest BCUT2D eigenvalue weighted by molar-refractivity contribution is 5.54. The van der Waals surface area contributed by atoms with Crippen LogP contribution >= 0.6 is 0 Å². The number of aliphatic hydroxyl groups excluding tert-OH is 1. The van der Waals surface area contributed by atoms with Crippen molar-refractivity contribution >= 4 is 0 Å². The van der Waals surface area contributed by atoms with Crippen molar-refractivity contribution in [2.75, 3.05) is 34.5 Å². The molecule has 0 amide bonds. The highest BCUT2D eigenvalue weighted by Gasteiger charge is 2.26. The zero-order valence-corrected chi connectivity index (χ0v) is 12.2. The molecule has 5 nitrogen and oxygen atoms in total. The summed E-state index contributed by atoms with van der Waals surface area (Å²) in [4.78, 5) is 0. The standard InChI is InChI=1S/C15H22O5/c1-17-12-7-11(8-13(18-2)15(12)19-3)14(16)10-5-4-6-20-9-10/h7-8,10,14,16H,4-6,9H2,1-3H3. The Hall–Kier alpha value is -1.46. The third-order valence-electron chi connectivity index (χ3n) is 3.67. The lowest BCUT2D eigenvalue weighted by atomic mass is 9.91. The van der Waals surface area contributed by atoms with Crippen LogP contribution in [0.1, 0.15) is 24.5 Å². The third-order valence-corrected chi connectivity index (χ3v) is 3.67. The molecule has 1 heterocycles. The fourth-order valence-corrected chi connectivity index (χ4v) is 2.56. The van der Waals surface area contributed by atoms with E-state index in [2.05, 4.69) is 0 Å². The molecule has 1 aromatic rings. The molecule has 1 saturated heterocycles. The van der Waals surface area contributed by atoms with Crippen LogP contribution in [0.5, 0.6) is 17.2 Å². The Bertz CT molecular complexity index is 415. The first kappa shape index (κ1) is 14.9. The molecule has 0 spiro atoms. The lowest BCUT2D eigenvalue weighted by Gasteiger charge is -2.27. The minimum atomic E-state index is -0.594. The van der Waals surface area contributed by atoms with Crippen molar-refractivity contribution < 1.29 is 24.1 Å². The summed E-state index contributed by atoms with van der Waals surface area (Å²) in [7, 11) is 4.69. The predicted molar refractivity (Wildman–Crippen MR) is 74.6 cm³/mol. The molecule has 20 heavy (non-hydrogen) atoms. The maximum absolute atomic E-state index is 10.5. The van der Waals surface area contributed by atoms with Crippen LogP contribution in [0.25, 0.3) is 0 Å². The van der Waals surface area contributed by atoms with Crippen molar-refractivity contribution in [1.82, 2.24) is 0 Å². The Morgan fingerprint density at radius 1 is 1.15 bits per heavy atom. The number of benzene rings is 1. The van der Waals surface area contributed by atoms with E-state index in [1.54, 1.807) is 33.5 Å². The van der Waals surface area contributed by atoms with Gasteiger partial charge in [-0.05, 0) is 30.5 Å². The van der Waals surface area contributed by atoms with E-state index in [4.69, 9.17) is 18.9 Å². The quantitative estimate of drug-likeness (QED) is 0.897. The monoisotopic (exact) mass is 282 g/mol. The molecule has 1 aliphatic heterocycles. The topological polar surface area (TPSA) is 57.2 Å². The zero-order chi connectivity index (χ0) is 14.5. The average Bonchev–Trinajstić information content (AvgIpc) is 2.53. The van der Waals surface area contributed by atoms with Gasteiger partial charge < -0.3 is 24.1 Å². The normalized spacial score (nSPS) is 20.3. The molecule has 1 aromatic carbocycles. The average molecular weight is 282 g/mol. The summed E-state index contributed by atoms with van der Waals surface area (Å²) in [5.74, 6) is 1.74. The molecule has 0 radical (unpaired) electrons. The van der Waals surface area contributed by atoms with Gasteiger partial charge in [0.2, 0.25) is 5.75 Å². The Morgan fingerprint density at radius 2 is 1.80 bits per heavy atom. The molecule has 0 aliphatic carbocycles. The first-order valence-electron chi connectivity index (χ1n) is 6.77. The van der Waals surface area contributed by atoms with Crippen LogP contribution in [0.2, 0.25) is 0 Å². The first-order chi connectivity index (χ1) is 9.71. The molecule has 2 unspecified atom stereocenters. The van der Waals surface area contributed by atoms with E-state index in [1.165, 1.54) is 0 Å². The predicted octanol–water partition coefficient (Wildman–Crippen LogP) is 2.17. The fourth-order valence-electron chi connectivity index (χ4n) is 2.56. The van der Waals surface area contributed by atoms with Crippen LogP contribution in [0.3, 0.4) is 0 Å². The van der Waals surface area contributed by atoms with Crippen molar-refractivity contribution in [2.45, 2.75) is 18.9 Å². The highest BCUT2D eigenvalue weighted by Crippen LogP contribution is 2.41. The second kappa shape index (κ2) is 6.81. The van der Waals surface area contributed by atoms with Gasteiger partial charge in [0.1, 0.15) is 0 Å². The van der Waals surface area contributed by atoms with E-state index < -0.39 is 6.10 Å². The van der Waals surface area contributed by atoms with Gasteiger partial charge >= 0.3 is 0 Å². The molecule has 1 aliphatic rings. The molecular weight excluding hydrogens is 260 g/mol. The molecule has 112 valence electrons. The van der Waals surface area contributed by atoms with Crippen molar-refractivity contribution in [1.29, 1.82) is 0 Å². The van der Waals surface area contributed by atoms with Gasteiger partial charge in [0, 0.05) is 12.5 Å². The summed E-state index contributed by atoms with van der Waals surface area (Å²) < 4.78 is 21.3. The summed E-state index contributed by atoms with van der Waals surface area (Å²) in [5, 5.41) is 10.5. The first-order valence-corrected chi connectivity index (χ1v) is 6.77. The minimum absolute atomic E-state index is 0.103. The van der Waals surface area contributed by atoms with Crippen LogP contribution in [-0.4, -0.2) is 39.6 Å². The van der Waals surface area contributed by atoms with Gasteiger partial charge in [-0.1, -0.05) is 0 Å². The molecular formula is C15H22O5. The van der Waals surface area contributed by atoms with Gasteiger partial charge in [-0.25, -0.2) is 0 Å².